The molecule has 28 heavy (non-hydrogen) atoms. The summed E-state index contributed by atoms with van der Waals surface area (Å²) in [6.45, 7) is 5.00. The molecule has 0 radical (unpaired) electrons. The number of amides is 1. The molecule has 0 unspecified atom stereocenters. The van der Waals surface area contributed by atoms with Crippen molar-refractivity contribution in [2.75, 3.05) is 13.1 Å². The number of rotatable bonds is 6. The first kappa shape index (κ1) is 21.1. The fourth-order valence-corrected chi connectivity index (χ4v) is 5.64. The molecule has 1 amide bonds. The minimum Gasteiger partial charge on any atom is -0.337 e. The van der Waals surface area contributed by atoms with E-state index in [2.05, 4.69) is 18.7 Å². The molecule has 2 aliphatic rings. The number of hydrogen-bond donors (Lipinski definition) is 0. The van der Waals surface area contributed by atoms with E-state index in [-0.39, 0.29) is 17.9 Å². The molecular weight excluding hydrogens is 372 g/mol. The van der Waals surface area contributed by atoms with Gasteiger partial charge in [-0.3, -0.25) is 4.79 Å². The van der Waals surface area contributed by atoms with Gasteiger partial charge in [-0.05, 0) is 51.2 Å². The van der Waals surface area contributed by atoms with Crippen LogP contribution in [0.5, 0.6) is 0 Å². The predicted octanol–water partition coefficient (Wildman–Crippen LogP) is 3.88. The van der Waals surface area contributed by atoms with Crippen molar-refractivity contribution in [1.82, 2.24) is 9.21 Å². The van der Waals surface area contributed by atoms with Crippen LogP contribution in [0.15, 0.2) is 35.7 Å². The minimum atomic E-state index is -3.46. The van der Waals surface area contributed by atoms with Crippen LogP contribution < -0.4 is 0 Å². The molecule has 1 aromatic carbocycles. The van der Waals surface area contributed by atoms with Gasteiger partial charge in [0, 0.05) is 36.5 Å². The second kappa shape index (κ2) is 9.23. The maximum absolute atomic E-state index is 13.1. The molecule has 0 bridgehead atoms. The standard InChI is InChI=1S/C22H32N2O3S/c1-18(2)24(21-10-6-7-11-21)22(25)20-12-15-23(16-13-20)28(26,27)17-14-19-8-4-3-5-9-19/h3-5,8-9,14,17-18,20-21H,6-7,10-13,15-16H2,1-2H3/b17-14+. The van der Waals surface area contributed by atoms with Gasteiger partial charge in [-0.2, -0.15) is 4.31 Å². The average molecular weight is 405 g/mol. The molecule has 1 heterocycles. The molecule has 2 fully saturated rings. The van der Waals surface area contributed by atoms with Crippen molar-refractivity contribution in [2.45, 2.75) is 64.5 Å². The Morgan fingerprint density at radius 2 is 1.68 bits per heavy atom. The van der Waals surface area contributed by atoms with Crippen molar-refractivity contribution in [2.24, 2.45) is 5.92 Å². The van der Waals surface area contributed by atoms with Crippen molar-refractivity contribution >= 4 is 22.0 Å². The highest BCUT2D eigenvalue weighted by atomic mass is 32.2. The maximum Gasteiger partial charge on any atom is 0.236 e. The minimum absolute atomic E-state index is 0.0625. The smallest absolute Gasteiger partial charge is 0.236 e. The Kier molecular flexibility index (Phi) is 6.94. The molecule has 3 rings (SSSR count). The molecule has 0 aromatic heterocycles. The zero-order valence-corrected chi connectivity index (χ0v) is 17.8. The number of carbonyl (C=O) groups excluding carboxylic acids is 1. The fraction of sp³-hybridized carbons (Fsp3) is 0.591. The van der Waals surface area contributed by atoms with Crippen LogP contribution in [0.1, 0.15) is 57.9 Å². The lowest BCUT2D eigenvalue weighted by Crippen LogP contribution is -2.49. The zero-order valence-electron chi connectivity index (χ0n) is 17.0. The topological polar surface area (TPSA) is 57.7 Å². The van der Waals surface area contributed by atoms with E-state index in [9.17, 15) is 13.2 Å². The highest BCUT2D eigenvalue weighted by Gasteiger charge is 2.36. The lowest BCUT2D eigenvalue weighted by molar-refractivity contribution is -0.141. The quantitative estimate of drug-likeness (QED) is 0.723. The summed E-state index contributed by atoms with van der Waals surface area (Å²) in [5, 5.41) is 1.28. The van der Waals surface area contributed by atoms with E-state index in [1.807, 2.05) is 30.3 Å². The van der Waals surface area contributed by atoms with Crippen molar-refractivity contribution < 1.29 is 13.2 Å². The van der Waals surface area contributed by atoms with Crippen LogP contribution >= 0.6 is 0 Å². The number of piperidine rings is 1. The number of carbonyl (C=O) groups is 1. The third kappa shape index (κ3) is 5.03. The maximum atomic E-state index is 13.1. The van der Waals surface area contributed by atoms with Crippen LogP contribution in [0.25, 0.3) is 6.08 Å². The van der Waals surface area contributed by atoms with Crippen LogP contribution in [0.2, 0.25) is 0 Å². The van der Waals surface area contributed by atoms with Gasteiger partial charge in [-0.15, -0.1) is 0 Å². The van der Waals surface area contributed by atoms with Crippen LogP contribution in [0.4, 0.5) is 0 Å². The second-order valence-corrected chi connectivity index (χ2v) is 10.0. The van der Waals surface area contributed by atoms with E-state index >= 15 is 0 Å². The molecule has 0 atom stereocenters. The van der Waals surface area contributed by atoms with Crippen LogP contribution in [0.3, 0.4) is 0 Å². The van der Waals surface area contributed by atoms with Gasteiger partial charge in [0.1, 0.15) is 0 Å². The average Bonchev–Trinajstić information content (AvgIpc) is 3.21. The monoisotopic (exact) mass is 404 g/mol. The Labute approximate surface area is 169 Å². The summed E-state index contributed by atoms with van der Waals surface area (Å²) >= 11 is 0. The Bertz CT molecular complexity index is 775. The van der Waals surface area contributed by atoms with Crippen LogP contribution in [0, 0.1) is 5.92 Å². The Morgan fingerprint density at radius 3 is 2.25 bits per heavy atom. The van der Waals surface area contributed by atoms with Gasteiger partial charge < -0.3 is 4.90 Å². The van der Waals surface area contributed by atoms with Crippen LogP contribution in [-0.2, 0) is 14.8 Å². The first-order chi connectivity index (χ1) is 13.4. The lowest BCUT2D eigenvalue weighted by Gasteiger charge is -2.38. The van der Waals surface area contributed by atoms with Crippen molar-refractivity contribution in [3.63, 3.8) is 0 Å². The predicted molar refractivity (Wildman–Crippen MR) is 113 cm³/mol. The SMILES string of the molecule is CC(C)N(C(=O)C1CCN(S(=O)(=O)/C=C/c2ccccc2)CC1)C1CCCC1. The van der Waals surface area contributed by atoms with E-state index in [0.717, 1.165) is 18.4 Å². The Hall–Kier alpha value is -1.66. The van der Waals surface area contributed by atoms with Crippen molar-refractivity contribution in [3.8, 4) is 0 Å². The number of benzene rings is 1. The number of hydrogen-bond acceptors (Lipinski definition) is 3. The summed E-state index contributed by atoms with van der Waals surface area (Å²) in [5.74, 6) is 0.159. The molecule has 1 saturated heterocycles. The Morgan fingerprint density at radius 1 is 1.07 bits per heavy atom. The normalized spacial score (nSPS) is 20.2. The summed E-state index contributed by atoms with van der Waals surface area (Å²) in [5.41, 5.74) is 0.861. The molecule has 1 aromatic rings. The first-order valence-corrected chi connectivity index (χ1v) is 11.9. The van der Waals surface area contributed by atoms with Gasteiger partial charge in [-0.1, -0.05) is 43.2 Å². The summed E-state index contributed by atoms with van der Waals surface area (Å²) in [7, 11) is -3.46. The van der Waals surface area contributed by atoms with Crippen LogP contribution in [-0.4, -0.2) is 48.7 Å². The van der Waals surface area contributed by atoms with E-state index in [1.165, 1.54) is 22.6 Å². The van der Waals surface area contributed by atoms with Gasteiger partial charge in [0.05, 0.1) is 0 Å². The summed E-state index contributed by atoms with van der Waals surface area (Å²) in [6, 6.07) is 9.98. The molecule has 1 aliphatic carbocycles. The highest BCUT2D eigenvalue weighted by Crippen LogP contribution is 2.29. The summed E-state index contributed by atoms with van der Waals surface area (Å²) in [4.78, 5) is 15.2. The largest absolute Gasteiger partial charge is 0.337 e. The molecule has 5 nitrogen and oxygen atoms in total. The van der Waals surface area contributed by atoms with Crippen molar-refractivity contribution in [1.29, 1.82) is 0 Å². The summed E-state index contributed by atoms with van der Waals surface area (Å²) in [6.07, 6.45) is 7.44. The third-order valence-corrected chi connectivity index (χ3v) is 7.49. The van der Waals surface area contributed by atoms with Crippen molar-refractivity contribution in [3.05, 3.63) is 41.3 Å². The molecule has 0 N–H and O–H groups in total. The van der Waals surface area contributed by atoms with Gasteiger partial charge >= 0.3 is 0 Å². The van der Waals surface area contributed by atoms with Gasteiger partial charge in [0.15, 0.2) is 0 Å². The molecule has 154 valence electrons. The zero-order chi connectivity index (χ0) is 20.1. The number of nitrogens with zero attached hydrogens (tertiary/aromatic N) is 2. The second-order valence-electron chi connectivity index (χ2n) is 8.21. The van der Waals surface area contributed by atoms with Gasteiger partial charge in [-0.25, -0.2) is 8.42 Å². The van der Waals surface area contributed by atoms with E-state index in [0.29, 0.717) is 32.0 Å². The molecule has 0 spiro atoms. The summed E-state index contributed by atoms with van der Waals surface area (Å²) < 4.78 is 26.8. The van der Waals surface area contributed by atoms with Gasteiger partial charge in [0.25, 0.3) is 0 Å². The van der Waals surface area contributed by atoms with E-state index < -0.39 is 10.0 Å². The molecule has 1 saturated carbocycles. The Balaban J connectivity index is 1.60. The fourth-order valence-electron chi connectivity index (χ4n) is 4.42. The number of sulfonamides is 1. The molecule has 6 heteroatoms. The first-order valence-electron chi connectivity index (χ1n) is 10.4. The molecule has 1 aliphatic heterocycles. The molecular formula is C22H32N2O3S. The van der Waals surface area contributed by atoms with E-state index in [1.54, 1.807) is 6.08 Å². The lowest BCUT2D eigenvalue weighted by atomic mass is 9.95. The third-order valence-electron chi connectivity index (χ3n) is 5.92. The van der Waals surface area contributed by atoms with E-state index in [4.69, 9.17) is 0 Å². The highest BCUT2D eigenvalue weighted by molar-refractivity contribution is 7.92. The van der Waals surface area contributed by atoms with Gasteiger partial charge in [0.2, 0.25) is 15.9 Å².